The summed E-state index contributed by atoms with van der Waals surface area (Å²) in [6.45, 7) is 9.75. The van der Waals surface area contributed by atoms with E-state index >= 15 is 0 Å². The summed E-state index contributed by atoms with van der Waals surface area (Å²) in [6, 6.07) is 15.0. The van der Waals surface area contributed by atoms with E-state index in [-0.39, 0.29) is 11.8 Å². The van der Waals surface area contributed by atoms with Gasteiger partial charge in [0.05, 0.1) is 11.9 Å². The number of para-hydroxylation sites is 1. The van der Waals surface area contributed by atoms with Crippen LogP contribution in [-0.4, -0.2) is 22.6 Å². The molecule has 2 amide bonds. The number of anilines is 1. The molecule has 0 saturated carbocycles. The van der Waals surface area contributed by atoms with Crippen molar-refractivity contribution in [2.24, 2.45) is 5.10 Å². The molecule has 0 aliphatic carbocycles. The number of rotatable bonds is 5. The summed E-state index contributed by atoms with van der Waals surface area (Å²) in [5, 5.41) is 6.80. The van der Waals surface area contributed by atoms with Crippen LogP contribution in [0.15, 0.2) is 53.6 Å². The van der Waals surface area contributed by atoms with Crippen LogP contribution in [0.25, 0.3) is 5.69 Å². The highest BCUT2D eigenvalue weighted by atomic mass is 16.2. The van der Waals surface area contributed by atoms with Crippen molar-refractivity contribution < 1.29 is 9.59 Å². The van der Waals surface area contributed by atoms with Crippen molar-refractivity contribution in [2.75, 3.05) is 5.32 Å². The van der Waals surface area contributed by atoms with E-state index in [0.29, 0.717) is 11.3 Å². The van der Waals surface area contributed by atoms with Gasteiger partial charge in [0.1, 0.15) is 0 Å². The molecular weight excluding hydrogens is 376 g/mol. The highest BCUT2D eigenvalue weighted by molar-refractivity contribution is 5.96. The predicted molar refractivity (Wildman–Crippen MR) is 121 cm³/mol. The first kappa shape index (κ1) is 21.0. The molecule has 3 aromatic rings. The van der Waals surface area contributed by atoms with E-state index in [9.17, 15) is 9.59 Å². The number of hydrogen-bond acceptors (Lipinski definition) is 3. The Labute approximate surface area is 176 Å². The van der Waals surface area contributed by atoms with Gasteiger partial charge < -0.3 is 9.88 Å². The van der Waals surface area contributed by atoms with Crippen molar-refractivity contribution in [3.05, 3.63) is 82.2 Å². The number of aromatic nitrogens is 1. The van der Waals surface area contributed by atoms with E-state index in [1.54, 1.807) is 30.5 Å². The molecule has 0 spiro atoms. The van der Waals surface area contributed by atoms with Gasteiger partial charge in [-0.25, -0.2) is 5.43 Å². The number of carbonyl (C=O) groups excluding carboxylic acids is 2. The highest BCUT2D eigenvalue weighted by Crippen LogP contribution is 2.25. The van der Waals surface area contributed by atoms with Crippen LogP contribution in [0.4, 0.5) is 5.69 Å². The summed E-state index contributed by atoms with van der Waals surface area (Å²) in [5.74, 6) is -0.473. The van der Waals surface area contributed by atoms with E-state index in [1.165, 1.54) is 23.7 Å². The molecule has 0 atom stereocenters. The van der Waals surface area contributed by atoms with Gasteiger partial charge in [0.2, 0.25) is 5.91 Å². The number of amides is 2. The second-order valence-corrected chi connectivity index (χ2v) is 7.36. The maximum Gasteiger partial charge on any atom is 0.271 e. The van der Waals surface area contributed by atoms with Gasteiger partial charge in [0, 0.05) is 35.1 Å². The topological polar surface area (TPSA) is 75.5 Å². The summed E-state index contributed by atoms with van der Waals surface area (Å²) in [7, 11) is 0. The summed E-state index contributed by atoms with van der Waals surface area (Å²) in [6.07, 6.45) is 1.66. The Balaban J connectivity index is 1.76. The Bertz CT molecular complexity index is 1100. The Morgan fingerprint density at radius 1 is 0.967 bits per heavy atom. The molecule has 6 heteroatoms. The fourth-order valence-electron chi connectivity index (χ4n) is 3.55. The van der Waals surface area contributed by atoms with E-state index in [4.69, 9.17) is 0 Å². The molecule has 0 radical (unpaired) electrons. The van der Waals surface area contributed by atoms with Gasteiger partial charge in [-0.2, -0.15) is 5.10 Å². The van der Waals surface area contributed by atoms with E-state index < -0.39 is 0 Å². The minimum absolute atomic E-state index is 0.157. The first-order valence-electron chi connectivity index (χ1n) is 9.74. The fraction of sp³-hybridized carbons (Fsp3) is 0.208. The number of nitrogens with zero attached hydrogens (tertiary/aromatic N) is 2. The Morgan fingerprint density at radius 2 is 1.60 bits per heavy atom. The first-order valence-corrected chi connectivity index (χ1v) is 9.74. The lowest BCUT2D eigenvalue weighted by Crippen LogP contribution is -2.17. The molecule has 0 unspecified atom stereocenters. The quantitative estimate of drug-likeness (QED) is 0.489. The van der Waals surface area contributed by atoms with Crippen LogP contribution in [0.1, 0.15) is 45.4 Å². The maximum atomic E-state index is 12.3. The van der Waals surface area contributed by atoms with Crippen LogP contribution in [-0.2, 0) is 4.79 Å². The summed E-state index contributed by atoms with van der Waals surface area (Å²) >= 11 is 0. The average molecular weight is 402 g/mol. The minimum Gasteiger partial charge on any atom is -0.326 e. The van der Waals surface area contributed by atoms with E-state index in [0.717, 1.165) is 17.0 Å². The maximum absolute atomic E-state index is 12.3. The van der Waals surface area contributed by atoms with Gasteiger partial charge in [-0.1, -0.05) is 18.2 Å². The molecule has 0 aliphatic rings. The zero-order valence-electron chi connectivity index (χ0n) is 17.9. The zero-order chi connectivity index (χ0) is 21.8. The number of carbonyl (C=O) groups is 2. The molecule has 2 N–H and O–H groups in total. The SMILES string of the molecule is CC(=O)Nc1ccc(C(=O)N/N=C\c2cc(C)n(-c3c(C)cccc3C)c2C)cc1. The van der Waals surface area contributed by atoms with Crippen molar-refractivity contribution in [3.63, 3.8) is 0 Å². The van der Waals surface area contributed by atoms with Crippen LogP contribution in [0, 0.1) is 27.7 Å². The molecule has 154 valence electrons. The van der Waals surface area contributed by atoms with Crippen molar-refractivity contribution in [1.82, 2.24) is 9.99 Å². The van der Waals surface area contributed by atoms with Crippen molar-refractivity contribution in [1.29, 1.82) is 0 Å². The van der Waals surface area contributed by atoms with Crippen molar-refractivity contribution >= 4 is 23.7 Å². The molecule has 0 bridgehead atoms. The van der Waals surface area contributed by atoms with Crippen LogP contribution in [0.2, 0.25) is 0 Å². The van der Waals surface area contributed by atoms with Crippen LogP contribution < -0.4 is 10.7 Å². The average Bonchev–Trinajstić information content (AvgIpc) is 2.96. The Hall–Kier alpha value is -3.67. The van der Waals surface area contributed by atoms with Gasteiger partial charge >= 0.3 is 0 Å². The monoisotopic (exact) mass is 402 g/mol. The second kappa shape index (κ2) is 8.78. The summed E-state index contributed by atoms with van der Waals surface area (Å²) in [5.41, 5.74) is 10.3. The summed E-state index contributed by atoms with van der Waals surface area (Å²) < 4.78 is 2.22. The molecule has 0 aliphatic heterocycles. The van der Waals surface area contributed by atoms with Gasteiger partial charge in [0.25, 0.3) is 5.91 Å². The minimum atomic E-state index is -0.316. The van der Waals surface area contributed by atoms with Gasteiger partial charge in [0.15, 0.2) is 0 Å². The third kappa shape index (κ3) is 4.49. The fourth-order valence-corrected chi connectivity index (χ4v) is 3.55. The molecular formula is C24H26N4O2. The molecule has 3 rings (SSSR count). The Morgan fingerprint density at radius 3 is 2.20 bits per heavy atom. The number of hydrogen-bond donors (Lipinski definition) is 2. The van der Waals surface area contributed by atoms with Gasteiger partial charge in [-0.05, 0) is 69.2 Å². The van der Waals surface area contributed by atoms with Crippen LogP contribution >= 0.6 is 0 Å². The normalized spacial score (nSPS) is 11.0. The molecule has 30 heavy (non-hydrogen) atoms. The highest BCUT2D eigenvalue weighted by Gasteiger charge is 2.13. The molecule has 6 nitrogen and oxygen atoms in total. The first-order chi connectivity index (χ1) is 14.3. The smallest absolute Gasteiger partial charge is 0.271 e. The van der Waals surface area contributed by atoms with E-state index in [1.807, 2.05) is 6.92 Å². The number of benzene rings is 2. The summed E-state index contributed by atoms with van der Waals surface area (Å²) in [4.78, 5) is 23.4. The third-order valence-corrected chi connectivity index (χ3v) is 4.97. The molecule has 2 aromatic carbocycles. The Kier molecular flexibility index (Phi) is 6.16. The second-order valence-electron chi connectivity index (χ2n) is 7.36. The molecule has 1 aromatic heterocycles. The number of nitrogens with one attached hydrogen (secondary N) is 2. The van der Waals surface area contributed by atoms with Crippen LogP contribution in [0.3, 0.4) is 0 Å². The predicted octanol–water partition coefficient (Wildman–Crippen LogP) is 4.43. The lowest BCUT2D eigenvalue weighted by Gasteiger charge is -2.15. The van der Waals surface area contributed by atoms with Gasteiger partial charge in [-0.15, -0.1) is 0 Å². The third-order valence-electron chi connectivity index (χ3n) is 4.97. The number of hydrazone groups is 1. The zero-order valence-corrected chi connectivity index (χ0v) is 17.9. The van der Waals surface area contributed by atoms with Crippen molar-refractivity contribution in [3.8, 4) is 5.69 Å². The van der Waals surface area contributed by atoms with E-state index in [2.05, 4.69) is 65.4 Å². The lowest BCUT2D eigenvalue weighted by atomic mass is 10.1. The lowest BCUT2D eigenvalue weighted by molar-refractivity contribution is -0.114. The standard InChI is InChI=1S/C24H26N4O2/c1-15-7-6-8-16(2)23(15)28-17(3)13-21(18(28)4)14-25-27-24(30)20-9-11-22(12-10-20)26-19(5)29/h6-14H,1-5H3,(H,26,29)(H,27,30)/b25-14-. The molecule has 0 fully saturated rings. The van der Waals surface area contributed by atoms with Crippen LogP contribution in [0.5, 0.6) is 0 Å². The van der Waals surface area contributed by atoms with Crippen molar-refractivity contribution in [2.45, 2.75) is 34.6 Å². The largest absolute Gasteiger partial charge is 0.326 e. The van der Waals surface area contributed by atoms with Gasteiger partial charge in [-0.3, -0.25) is 9.59 Å². The molecule has 1 heterocycles. The number of aryl methyl sites for hydroxylation is 3. The molecule has 0 saturated heterocycles.